The van der Waals surface area contributed by atoms with E-state index >= 15 is 0 Å². The van der Waals surface area contributed by atoms with Gasteiger partial charge in [-0.1, -0.05) is 6.07 Å². The first-order chi connectivity index (χ1) is 11.6. The van der Waals surface area contributed by atoms with Crippen molar-refractivity contribution in [1.82, 2.24) is 19.6 Å². The number of nitriles is 1. The zero-order chi connectivity index (χ0) is 17.1. The van der Waals surface area contributed by atoms with E-state index in [2.05, 4.69) is 20.5 Å². The van der Waals surface area contributed by atoms with E-state index in [9.17, 15) is 10.1 Å². The standard InChI is InChI=1S/C14H14N8O2/c15-8-9-10(19-20-12(9)16)4-3-6-17-13-14(22(23)24)21-7-2-1-5-11(21)18-13/h1-2,5,7,17H,3-4,6H2,(H3,16,19,20). The second-order valence-electron chi connectivity index (χ2n) is 5.07. The minimum absolute atomic E-state index is 0.103. The number of aromatic amines is 1. The van der Waals surface area contributed by atoms with Gasteiger partial charge in [0.2, 0.25) is 11.5 Å². The number of H-pyrrole nitrogens is 1. The number of hydrogen-bond acceptors (Lipinski definition) is 7. The first-order valence-electron chi connectivity index (χ1n) is 7.20. The number of fused-ring (bicyclic) bond motifs is 1. The molecule has 122 valence electrons. The number of pyridine rings is 1. The van der Waals surface area contributed by atoms with Crippen molar-refractivity contribution in [2.24, 2.45) is 0 Å². The second kappa shape index (κ2) is 6.25. The lowest BCUT2D eigenvalue weighted by molar-refractivity contribution is -0.389. The highest BCUT2D eigenvalue weighted by atomic mass is 16.6. The Labute approximate surface area is 136 Å². The molecular formula is C14H14N8O2. The number of nitro groups is 1. The molecule has 0 aromatic carbocycles. The summed E-state index contributed by atoms with van der Waals surface area (Å²) in [5.41, 5.74) is 7.07. The Balaban J connectivity index is 1.69. The van der Waals surface area contributed by atoms with Crippen LogP contribution in [-0.2, 0) is 6.42 Å². The summed E-state index contributed by atoms with van der Waals surface area (Å²) >= 11 is 0. The molecule has 0 fully saturated rings. The summed E-state index contributed by atoms with van der Waals surface area (Å²) in [4.78, 5) is 15.0. The van der Waals surface area contributed by atoms with Crippen LogP contribution in [0.25, 0.3) is 5.65 Å². The van der Waals surface area contributed by atoms with Crippen LogP contribution in [0.15, 0.2) is 24.4 Å². The lowest BCUT2D eigenvalue weighted by atomic mass is 10.1. The molecule has 0 saturated heterocycles. The van der Waals surface area contributed by atoms with Crippen LogP contribution in [0.1, 0.15) is 17.7 Å². The molecule has 3 aromatic rings. The molecule has 0 aliphatic rings. The van der Waals surface area contributed by atoms with E-state index in [1.807, 2.05) is 6.07 Å². The van der Waals surface area contributed by atoms with Gasteiger partial charge in [-0.3, -0.25) is 5.10 Å². The smallest absolute Gasteiger partial charge is 0.372 e. The number of nitrogens with one attached hydrogen (secondary N) is 2. The molecule has 3 aromatic heterocycles. The number of hydrogen-bond donors (Lipinski definition) is 3. The van der Waals surface area contributed by atoms with Crippen molar-refractivity contribution < 1.29 is 4.92 Å². The SMILES string of the molecule is N#Cc1c(N)n[nH]c1CCCNc1nc2ccccn2c1[N+](=O)[O-]. The number of imidazole rings is 1. The molecule has 0 radical (unpaired) electrons. The Morgan fingerprint density at radius 1 is 1.50 bits per heavy atom. The first-order valence-corrected chi connectivity index (χ1v) is 7.20. The number of aryl methyl sites for hydroxylation is 1. The van der Waals surface area contributed by atoms with Crippen LogP contribution in [0.3, 0.4) is 0 Å². The summed E-state index contributed by atoms with van der Waals surface area (Å²) in [5.74, 6) is 0.293. The predicted octanol–water partition coefficient (Wildman–Crippen LogP) is 1.46. The summed E-state index contributed by atoms with van der Waals surface area (Å²) in [7, 11) is 0. The van der Waals surface area contributed by atoms with Gasteiger partial charge < -0.3 is 21.2 Å². The largest absolute Gasteiger partial charge is 0.381 e. The highest BCUT2D eigenvalue weighted by molar-refractivity contribution is 5.62. The summed E-state index contributed by atoms with van der Waals surface area (Å²) in [6.45, 7) is 0.453. The van der Waals surface area contributed by atoms with Crippen LogP contribution in [-0.4, -0.2) is 31.1 Å². The van der Waals surface area contributed by atoms with E-state index in [0.717, 1.165) is 0 Å². The fraction of sp³-hybridized carbons (Fsp3) is 0.214. The molecule has 0 atom stereocenters. The van der Waals surface area contributed by atoms with Crippen molar-refractivity contribution in [2.45, 2.75) is 12.8 Å². The number of nitrogens with two attached hydrogens (primary N) is 1. The molecule has 4 N–H and O–H groups in total. The zero-order valence-corrected chi connectivity index (χ0v) is 12.6. The average Bonchev–Trinajstić information content (AvgIpc) is 3.11. The number of rotatable bonds is 6. The van der Waals surface area contributed by atoms with Crippen molar-refractivity contribution in [3.05, 3.63) is 45.8 Å². The maximum Gasteiger partial charge on any atom is 0.372 e. The van der Waals surface area contributed by atoms with E-state index in [0.29, 0.717) is 36.3 Å². The van der Waals surface area contributed by atoms with E-state index in [4.69, 9.17) is 11.0 Å². The Morgan fingerprint density at radius 2 is 2.33 bits per heavy atom. The molecule has 0 saturated carbocycles. The van der Waals surface area contributed by atoms with Gasteiger partial charge in [0.05, 0.1) is 11.9 Å². The molecule has 24 heavy (non-hydrogen) atoms. The van der Waals surface area contributed by atoms with Gasteiger partial charge in [-0.25, -0.2) is 0 Å². The molecule has 10 nitrogen and oxygen atoms in total. The van der Waals surface area contributed by atoms with Gasteiger partial charge in [-0.05, 0) is 23.8 Å². The van der Waals surface area contributed by atoms with E-state index < -0.39 is 4.92 Å². The Kier molecular flexibility index (Phi) is 3.98. The lowest BCUT2D eigenvalue weighted by Gasteiger charge is -2.03. The zero-order valence-electron chi connectivity index (χ0n) is 12.6. The molecule has 0 spiro atoms. The molecule has 0 bridgehead atoms. The van der Waals surface area contributed by atoms with E-state index in [1.165, 1.54) is 4.40 Å². The third-order valence-electron chi connectivity index (χ3n) is 3.55. The lowest BCUT2D eigenvalue weighted by Crippen LogP contribution is -2.06. The number of anilines is 2. The van der Waals surface area contributed by atoms with Gasteiger partial charge in [0.15, 0.2) is 5.82 Å². The summed E-state index contributed by atoms with van der Waals surface area (Å²) in [5, 5.41) is 29.8. The summed E-state index contributed by atoms with van der Waals surface area (Å²) in [6.07, 6.45) is 2.76. The van der Waals surface area contributed by atoms with Crippen molar-refractivity contribution >= 4 is 23.1 Å². The quantitative estimate of drug-likeness (QED) is 0.352. The number of nitrogens with zero attached hydrogens (tertiary/aromatic N) is 5. The molecule has 0 aliphatic carbocycles. The first kappa shape index (κ1) is 15.3. The van der Waals surface area contributed by atoms with Gasteiger partial charge >= 0.3 is 5.82 Å². The maximum atomic E-state index is 11.3. The van der Waals surface area contributed by atoms with Gasteiger partial charge in [0, 0.05) is 12.6 Å². The summed E-state index contributed by atoms with van der Waals surface area (Å²) < 4.78 is 1.42. The van der Waals surface area contributed by atoms with Crippen molar-refractivity contribution in [1.29, 1.82) is 5.26 Å². The molecule has 3 rings (SSSR count). The minimum Gasteiger partial charge on any atom is -0.381 e. The normalized spacial score (nSPS) is 10.6. The van der Waals surface area contributed by atoms with Gasteiger partial charge in [0.25, 0.3) is 0 Å². The van der Waals surface area contributed by atoms with Crippen LogP contribution in [0.2, 0.25) is 0 Å². The second-order valence-corrected chi connectivity index (χ2v) is 5.07. The number of aromatic nitrogens is 4. The van der Waals surface area contributed by atoms with Crippen LogP contribution < -0.4 is 11.1 Å². The third kappa shape index (κ3) is 2.70. The predicted molar refractivity (Wildman–Crippen MR) is 86.4 cm³/mol. The molecule has 0 amide bonds. The molecule has 0 aliphatic heterocycles. The molecule has 3 heterocycles. The van der Waals surface area contributed by atoms with Crippen molar-refractivity contribution in [3.63, 3.8) is 0 Å². The highest BCUT2D eigenvalue weighted by Gasteiger charge is 2.21. The Morgan fingerprint density at radius 3 is 3.08 bits per heavy atom. The Hall–Kier alpha value is -3.61. The van der Waals surface area contributed by atoms with Crippen LogP contribution in [0.4, 0.5) is 17.5 Å². The van der Waals surface area contributed by atoms with E-state index in [-0.39, 0.29) is 17.5 Å². The maximum absolute atomic E-state index is 11.3. The molecular weight excluding hydrogens is 312 g/mol. The minimum atomic E-state index is -0.467. The molecule has 0 unspecified atom stereocenters. The third-order valence-corrected chi connectivity index (χ3v) is 3.55. The topological polar surface area (TPSA) is 151 Å². The monoisotopic (exact) mass is 326 g/mol. The average molecular weight is 326 g/mol. The van der Waals surface area contributed by atoms with E-state index in [1.54, 1.807) is 24.4 Å². The number of nitrogen functional groups attached to an aromatic ring is 1. The fourth-order valence-electron chi connectivity index (χ4n) is 2.45. The summed E-state index contributed by atoms with van der Waals surface area (Å²) in [6, 6.07) is 7.17. The highest BCUT2D eigenvalue weighted by Crippen LogP contribution is 2.25. The van der Waals surface area contributed by atoms with Gasteiger partial charge in [-0.15, -0.1) is 0 Å². The van der Waals surface area contributed by atoms with Crippen molar-refractivity contribution in [2.75, 3.05) is 17.6 Å². The van der Waals surface area contributed by atoms with Crippen LogP contribution in [0.5, 0.6) is 0 Å². The Bertz CT molecular complexity index is 936. The van der Waals surface area contributed by atoms with Crippen LogP contribution in [0, 0.1) is 21.4 Å². The van der Waals surface area contributed by atoms with Gasteiger partial charge in [0.1, 0.15) is 11.6 Å². The van der Waals surface area contributed by atoms with Gasteiger partial charge in [-0.2, -0.15) is 19.7 Å². The van der Waals surface area contributed by atoms with Crippen LogP contribution >= 0.6 is 0 Å². The molecule has 10 heteroatoms. The fourth-order valence-corrected chi connectivity index (χ4v) is 2.45. The van der Waals surface area contributed by atoms with Crippen molar-refractivity contribution in [3.8, 4) is 6.07 Å².